The maximum Gasteiger partial charge on any atom is 0.195 e. The molecule has 0 fully saturated rings. The summed E-state index contributed by atoms with van der Waals surface area (Å²) in [7, 11) is 0. The molecule has 4 aromatic rings. The Labute approximate surface area is 190 Å². The Morgan fingerprint density at radius 1 is 0.606 bits per heavy atom. The Bertz CT molecular complexity index is 1360. The van der Waals surface area contributed by atoms with Crippen LogP contribution in [0, 0.1) is 35.1 Å². The van der Waals surface area contributed by atoms with E-state index in [0.717, 1.165) is 37.3 Å². The Kier molecular flexibility index (Phi) is 6.79. The lowest BCUT2D eigenvalue weighted by Crippen LogP contribution is -1.94. The van der Waals surface area contributed by atoms with Gasteiger partial charge in [-0.25, -0.2) is 17.6 Å². The molecule has 0 aliphatic carbocycles. The second-order valence-electron chi connectivity index (χ2n) is 8.05. The molecule has 0 aliphatic heterocycles. The van der Waals surface area contributed by atoms with Crippen molar-refractivity contribution in [1.29, 1.82) is 0 Å². The van der Waals surface area contributed by atoms with E-state index in [0.29, 0.717) is 5.56 Å². The minimum Gasteiger partial charge on any atom is -0.206 e. The third-order valence-corrected chi connectivity index (χ3v) is 5.61. The molecule has 0 N–H and O–H groups in total. The number of rotatable bonds is 5. The van der Waals surface area contributed by atoms with E-state index in [-0.39, 0.29) is 16.3 Å². The van der Waals surface area contributed by atoms with Crippen LogP contribution in [0.15, 0.2) is 66.7 Å². The second-order valence-corrected chi connectivity index (χ2v) is 8.05. The summed E-state index contributed by atoms with van der Waals surface area (Å²) in [6.07, 6.45) is 3.73. The maximum absolute atomic E-state index is 14.6. The Balaban J connectivity index is 1.47. The summed E-state index contributed by atoms with van der Waals surface area (Å²) >= 11 is 0. The van der Waals surface area contributed by atoms with Crippen molar-refractivity contribution in [3.8, 4) is 11.8 Å². The minimum absolute atomic E-state index is 0.0324. The monoisotopic (exact) mass is 446 g/mol. The Hall–Kier alpha value is -3.58. The highest BCUT2D eigenvalue weighted by Crippen LogP contribution is 2.24. The van der Waals surface area contributed by atoms with Crippen LogP contribution in [0.25, 0.3) is 10.8 Å². The van der Waals surface area contributed by atoms with Crippen molar-refractivity contribution >= 4 is 10.8 Å². The van der Waals surface area contributed by atoms with E-state index in [1.165, 1.54) is 35.4 Å². The fourth-order valence-corrected chi connectivity index (χ4v) is 3.79. The maximum atomic E-state index is 14.6. The van der Waals surface area contributed by atoms with Gasteiger partial charge in [0.05, 0.1) is 5.56 Å². The molecule has 0 aromatic heterocycles. The van der Waals surface area contributed by atoms with Gasteiger partial charge in [0.25, 0.3) is 0 Å². The van der Waals surface area contributed by atoms with Crippen molar-refractivity contribution < 1.29 is 17.6 Å². The number of benzene rings is 4. The number of fused-ring (bicyclic) bond motifs is 1. The number of aryl methyl sites for hydroxylation is 3. The van der Waals surface area contributed by atoms with E-state index in [9.17, 15) is 17.6 Å². The molecule has 4 heteroatoms. The summed E-state index contributed by atoms with van der Waals surface area (Å²) in [6, 6.07) is 18.7. The summed E-state index contributed by atoms with van der Waals surface area (Å²) in [5.41, 5.74) is 4.10. The van der Waals surface area contributed by atoms with Crippen LogP contribution < -0.4 is 0 Å². The van der Waals surface area contributed by atoms with Crippen LogP contribution in [-0.2, 0) is 19.3 Å². The van der Waals surface area contributed by atoms with Crippen molar-refractivity contribution in [3.63, 3.8) is 0 Å². The zero-order chi connectivity index (χ0) is 23.4. The standard InChI is InChI=1S/C29H22F4/c1-2-3-19-4-6-20(7-5-19)8-9-22-11-14-23(26(30)17-22)13-10-21-12-15-25-24(16-21)18-27(31)29(33)28(25)32/h4-7,11-12,14-18H,2-3,8-9H2,1H3. The predicted molar refractivity (Wildman–Crippen MR) is 124 cm³/mol. The molecule has 4 aromatic carbocycles. The summed E-state index contributed by atoms with van der Waals surface area (Å²) in [6.45, 7) is 2.16. The van der Waals surface area contributed by atoms with Crippen LogP contribution in [0.4, 0.5) is 17.6 Å². The summed E-state index contributed by atoms with van der Waals surface area (Å²) in [5, 5.41) is 0.159. The van der Waals surface area contributed by atoms with Crippen molar-refractivity contribution in [2.75, 3.05) is 0 Å². The summed E-state index contributed by atoms with van der Waals surface area (Å²) in [5.74, 6) is 1.16. The average molecular weight is 446 g/mol. The van der Waals surface area contributed by atoms with Gasteiger partial charge in [0, 0.05) is 10.9 Å². The van der Waals surface area contributed by atoms with E-state index in [4.69, 9.17) is 0 Å². The van der Waals surface area contributed by atoms with E-state index < -0.39 is 23.3 Å². The SMILES string of the molecule is CCCc1ccc(CCc2ccc(C#Cc3ccc4c(F)c(F)c(F)cc4c3)c(F)c2)cc1. The minimum atomic E-state index is -1.50. The first-order chi connectivity index (χ1) is 15.9. The topological polar surface area (TPSA) is 0 Å². The second kappa shape index (κ2) is 9.92. The van der Waals surface area contributed by atoms with Gasteiger partial charge in [0.2, 0.25) is 0 Å². The lowest BCUT2D eigenvalue weighted by Gasteiger charge is -2.05. The van der Waals surface area contributed by atoms with Crippen LogP contribution in [0.3, 0.4) is 0 Å². The number of halogens is 4. The molecule has 0 heterocycles. The van der Waals surface area contributed by atoms with Gasteiger partial charge in [-0.1, -0.05) is 61.6 Å². The third-order valence-electron chi connectivity index (χ3n) is 5.61. The fourth-order valence-electron chi connectivity index (χ4n) is 3.79. The van der Waals surface area contributed by atoms with Gasteiger partial charge in [0.1, 0.15) is 5.82 Å². The molecule has 33 heavy (non-hydrogen) atoms. The van der Waals surface area contributed by atoms with Crippen molar-refractivity contribution in [3.05, 3.63) is 118 Å². The first-order valence-electron chi connectivity index (χ1n) is 10.9. The molecular formula is C29H22F4. The highest BCUT2D eigenvalue weighted by Gasteiger charge is 2.13. The summed E-state index contributed by atoms with van der Waals surface area (Å²) < 4.78 is 55.3. The lowest BCUT2D eigenvalue weighted by molar-refractivity contribution is 0.453. The highest BCUT2D eigenvalue weighted by molar-refractivity contribution is 5.84. The Morgan fingerprint density at radius 2 is 1.27 bits per heavy atom. The molecule has 0 nitrogen and oxygen atoms in total. The molecular weight excluding hydrogens is 424 g/mol. The quantitative estimate of drug-likeness (QED) is 0.169. The van der Waals surface area contributed by atoms with Gasteiger partial charge in [-0.3, -0.25) is 0 Å². The molecule has 0 radical (unpaired) electrons. The first-order valence-corrected chi connectivity index (χ1v) is 10.9. The molecule has 0 atom stereocenters. The van der Waals surface area contributed by atoms with Crippen molar-refractivity contribution in [2.24, 2.45) is 0 Å². The van der Waals surface area contributed by atoms with Gasteiger partial charge in [0.15, 0.2) is 17.5 Å². The van der Waals surface area contributed by atoms with Crippen LogP contribution in [0.2, 0.25) is 0 Å². The van der Waals surface area contributed by atoms with Crippen LogP contribution in [0.5, 0.6) is 0 Å². The smallest absolute Gasteiger partial charge is 0.195 e. The first kappa shape index (κ1) is 22.6. The van der Waals surface area contributed by atoms with Crippen LogP contribution in [-0.4, -0.2) is 0 Å². The largest absolute Gasteiger partial charge is 0.206 e. The van der Waals surface area contributed by atoms with Crippen molar-refractivity contribution in [1.82, 2.24) is 0 Å². The molecule has 0 bridgehead atoms. The zero-order valence-electron chi connectivity index (χ0n) is 18.2. The zero-order valence-corrected chi connectivity index (χ0v) is 18.2. The molecule has 0 unspecified atom stereocenters. The van der Waals surface area contributed by atoms with Gasteiger partial charge in [-0.15, -0.1) is 0 Å². The molecule has 0 saturated carbocycles. The van der Waals surface area contributed by atoms with E-state index >= 15 is 0 Å². The predicted octanol–water partition coefficient (Wildman–Crippen LogP) is 7.53. The van der Waals surface area contributed by atoms with Crippen LogP contribution in [0.1, 0.15) is 41.2 Å². The average Bonchev–Trinajstić information content (AvgIpc) is 2.81. The van der Waals surface area contributed by atoms with Gasteiger partial charge in [-0.2, -0.15) is 0 Å². The van der Waals surface area contributed by atoms with Gasteiger partial charge >= 0.3 is 0 Å². The van der Waals surface area contributed by atoms with Gasteiger partial charge < -0.3 is 0 Å². The molecule has 0 amide bonds. The highest BCUT2D eigenvalue weighted by atomic mass is 19.2. The van der Waals surface area contributed by atoms with E-state index in [1.807, 2.05) is 6.07 Å². The molecule has 0 saturated heterocycles. The molecule has 0 spiro atoms. The number of hydrogen-bond donors (Lipinski definition) is 0. The fraction of sp³-hybridized carbons (Fsp3) is 0.172. The molecule has 4 rings (SSSR count). The van der Waals surface area contributed by atoms with E-state index in [1.54, 1.807) is 6.07 Å². The summed E-state index contributed by atoms with van der Waals surface area (Å²) in [4.78, 5) is 0. The number of hydrogen-bond acceptors (Lipinski definition) is 0. The molecule has 166 valence electrons. The lowest BCUT2D eigenvalue weighted by atomic mass is 10.0. The normalized spacial score (nSPS) is 10.8. The van der Waals surface area contributed by atoms with Crippen LogP contribution >= 0.6 is 0 Å². The third kappa shape index (κ3) is 5.26. The van der Waals surface area contributed by atoms with Gasteiger partial charge in [-0.05, 0) is 71.7 Å². The Morgan fingerprint density at radius 3 is 1.97 bits per heavy atom. The van der Waals surface area contributed by atoms with Crippen molar-refractivity contribution in [2.45, 2.75) is 32.6 Å². The van der Waals surface area contributed by atoms with E-state index in [2.05, 4.69) is 43.0 Å². The molecule has 0 aliphatic rings.